The lowest BCUT2D eigenvalue weighted by Gasteiger charge is -2.33. The molecule has 0 aliphatic heterocycles. The highest BCUT2D eigenvalue weighted by Crippen LogP contribution is 2.18. The van der Waals surface area contributed by atoms with Crippen LogP contribution in [-0.2, 0) is 4.79 Å². The Morgan fingerprint density at radius 2 is 1.96 bits per heavy atom. The third kappa shape index (κ3) is 5.97. The van der Waals surface area contributed by atoms with Crippen LogP contribution in [0.1, 0.15) is 27.2 Å². The molecule has 1 atom stereocenters. The normalized spacial score (nSPS) is 12.8. The van der Waals surface area contributed by atoms with Crippen molar-refractivity contribution in [1.29, 1.82) is 5.26 Å². The van der Waals surface area contributed by atoms with E-state index in [2.05, 4.69) is 0 Å². The molecule has 5 nitrogen and oxygen atoms in total. The predicted molar refractivity (Wildman–Crippen MR) is 87.4 cm³/mol. The smallest absolute Gasteiger partial charge is 0.244 e. The number of halogens is 1. The summed E-state index contributed by atoms with van der Waals surface area (Å²) in [6.45, 7) is 5.66. The topological polar surface area (TPSA) is 67.6 Å². The Morgan fingerprint density at radius 1 is 1.39 bits per heavy atom. The SMILES string of the molecule is CC(C(=O)N(CCC#N)c1ccc(F)cc1)N(C)CC(C)(C)O. The van der Waals surface area contributed by atoms with E-state index in [9.17, 15) is 14.3 Å². The molecule has 0 radical (unpaired) electrons. The van der Waals surface area contributed by atoms with Gasteiger partial charge in [0, 0.05) is 18.8 Å². The van der Waals surface area contributed by atoms with Crippen molar-refractivity contribution in [2.75, 3.05) is 25.0 Å². The molecule has 1 rings (SSSR count). The summed E-state index contributed by atoms with van der Waals surface area (Å²) >= 11 is 0. The lowest BCUT2D eigenvalue weighted by atomic mass is 10.1. The molecule has 0 saturated heterocycles. The van der Waals surface area contributed by atoms with Gasteiger partial charge in [0.05, 0.1) is 24.1 Å². The summed E-state index contributed by atoms with van der Waals surface area (Å²) in [6.07, 6.45) is 0.186. The van der Waals surface area contributed by atoms with Crippen molar-refractivity contribution in [1.82, 2.24) is 4.90 Å². The number of benzene rings is 1. The summed E-state index contributed by atoms with van der Waals surface area (Å²) in [6, 6.07) is 7.15. The second-order valence-electron chi connectivity index (χ2n) is 6.28. The largest absolute Gasteiger partial charge is 0.389 e. The zero-order chi connectivity index (χ0) is 17.6. The predicted octanol–water partition coefficient (Wildman–Crippen LogP) is 2.16. The van der Waals surface area contributed by atoms with Crippen molar-refractivity contribution in [3.05, 3.63) is 30.1 Å². The molecular formula is C17H24FN3O2. The summed E-state index contributed by atoms with van der Waals surface area (Å²) in [5, 5.41) is 18.7. The summed E-state index contributed by atoms with van der Waals surface area (Å²) in [5.41, 5.74) is -0.369. The Hall–Kier alpha value is -1.97. The minimum absolute atomic E-state index is 0.186. The number of aliphatic hydroxyl groups is 1. The van der Waals surface area contributed by atoms with E-state index in [0.717, 1.165) is 0 Å². The highest BCUT2D eigenvalue weighted by atomic mass is 19.1. The number of carbonyl (C=O) groups is 1. The average molecular weight is 321 g/mol. The van der Waals surface area contributed by atoms with Gasteiger partial charge in [0.1, 0.15) is 5.82 Å². The van der Waals surface area contributed by atoms with Gasteiger partial charge in [-0.1, -0.05) is 0 Å². The highest BCUT2D eigenvalue weighted by molar-refractivity contribution is 5.96. The lowest BCUT2D eigenvalue weighted by Crippen LogP contribution is -2.49. The molecule has 0 aliphatic carbocycles. The molecule has 0 aliphatic rings. The van der Waals surface area contributed by atoms with Crippen LogP contribution < -0.4 is 4.90 Å². The van der Waals surface area contributed by atoms with Crippen LogP contribution in [0.3, 0.4) is 0 Å². The quantitative estimate of drug-likeness (QED) is 0.836. The summed E-state index contributed by atoms with van der Waals surface area (Å²) in [4.78, 5) is 16.0. The van der Waals surface area contributed by atoms with Crippen LogP contribution >= 0.6 is 0 Å². The van der Waals surface area contributed by atoms with Gasteiger partial charge in [-0.05, 0) is 52.1 Å². The summed E-state index contributed by atoms with van der Waals surface area (Å²) in [5.74, 6) is -0.577. The molecule has 0 heterocycles. The number of anilines is 1. The first kappa shape index (κ1) is 19.1. The van der Waals surface area contributed by atoms with Crippen LogP contribution in [0.2, 0.25) is 0 Å². The van der Waals surface area contributed by atoms with Crippen molar-refractivity contribution >= 4 is 11.6 Å². The maximum absolute atomic E-state index is 13.1. The van der Waals surface area contributed by atoms with Crippen molar-refractivity contribution in [2.45, 2.75) is 38.8 Å². The van der Waals surface area contributed by atoms with Crippen molar-refractivity contribution in [3.63, 3.8) is 0 Å². The number of nitriles is 1. The van der Waals surface area contributed by atoms with Crippen molar-refractivity contribution in [3.8, 4) is 6.07 Å². The number of amides is 1. The van der Waals surface area contributed by atoms with Crippen LogP contribution in [0.5, 0.6) is 0 Å². The highest BCUT2D eigenvalue weighted by Gasteiger charge is 2.27. The molecule has 126 valence electrons. The fourth-order valence-electron chi connectivity index (χ4n) is 2.31. The van der Waals surface area contributed by atoms with Gasteiger partial charge in [-0.25, -0.2) is 4.39 Å². The number of hydrogen-bond acceptors (Lipinski definition) is 4. The molecule has 0 bridgehead atoms. The van der Waals surface area contributed by atoms with Crippen molar-refractivity contribution in [2.24, 2.45) is 0 Å². The van der Waals surface area contributed by atoms with Crippen LogP contribution in [0, 0.1) is 17.1 Å². The number of likely N-dealkylation sites (N-methyl/N-ethyl adjacent to an activating group) is 1. The van der Waals surface area contributed by atoms with Crippen molar-refractivity contribution < 1.29 is 14.3 Å². The van der Waals surface area contributed by atoms with Gasteiger partial charge in [-0.15, -0.1) is 0 Å². The van der Waals surface area contributed by atoms with E-state index >= 15 is 0 Å². The van der Waals surface area contributed by atoms with Crippen LogP contribution in [-0.4, -0.2) is 47.7 Å². The zero-order valence-corrected chi connectivity index (χ0v) is 14.1. The molecule has 0 saturated carbocycles. The maximum atomic E-state index is 13.1. The molecule has 1 amide bonds. The first-order valence-electron chi connectivity index (χ1n) is 7.52. The minimum Gasteiger partial charge on any atom is -0.389 e. The molecule has 6 heteroatoms. The first-order chi connectivity index (χ1) is 10.7. The summed E-state index contributed by atoms with van der Waals surface area (Å²) in [7, 11) is 1.76. The molecule has 1 unspecified atom stereocenters. The van der Waals surface area contributed by atoms with E-state index in [4.69, 9.17) is 5.26 Å². The summed E-state index contributed by atoms with van der Waals surface area (Å²) < 4.78 is 13.1. The Bertz CT molecular complexity index is 561. The second-order valence-corrected chi connectivity index (χ2v) is 6.28. The molecule has 0 aromatic heterocycles. The minimum atomic E-state index is -0.920. The maximum Gasteiger partial charge on any atom is 0.244 e. The van der Waals surface area contributed by atoms with Crippen LogP contribution in [0.25, 0.3) is 0 Å². The first-order valence-corrected chi connectivity index (χ1v) is 7.52. The number of nitrogens with zero attached hydrogens (tertiary/aromatic N) is 3. The fraction of sp³-hybridized carbons (Fsp3) is 0.529. The van der Waals surface area contributed by atoms with E-state index in [0.29, 0.717) is 12.2 Å². The molecule has 0 spiro atoms. The van der Waals surface area contributed by atoms with Crippen LogP contribution in [0.15, 0.2) is 24.3 Å². The zero-order valence-electron chi connectivity index (χ0n) is 14.1. The molecule has 0 fully saturated rings. The molecule has 1 N–H and O–H groups in total. The third-order valence-corrected chi connectivity index (χ3v) is 3.51. The number of rotatable bonds is 7. The van der Waals surface area contributed by atoms with E-state index < -0.39 is 11.6 Å². The van der Waals surface area contributed by atoms with E-state index in [1.807, 2.05) is 6.07 Å². The molecule has 23 heavy (non-hydrogen) atoms. The van der Waals surface area contributed by atoms with Crippen LogP contribution in [0.4, 0.5) is 10.1 Å². The van der Waals surface area contributed by atoms with Gasteiger partial charge in [0.2, 0.25) is 5.91 Å². The fourth-order valence-corrected chi connectivity index (χ4v) is 2.31. The van der Waals surface area contributed by atoms with E-state index in [1.54, 1.807) is 32.7 Å². The average Bonchev–Trinajstić information content (AvgIpc) is 2.46. The van der Waals surface area contributed by atoms with Gasteiger partial charge < -0.3 is 10.0 Å². The molecule has 1 aromatic carbocycles. The Balaban J connectivity index is 2.95. The van der Waals surface area contributed by atoms with E-state index in [-0.39, 0.29) is 24.7 Å². The molecular weight excluding hydrogens is 297 g/mol. The van der Waals surface area contributed by atoms with Gasteiger partial charge >= 0.3 is 0 Å². The molecule has 1 aromatic rings. The van der Waals surface area contributed by atoms with Gasteiger partial charge in [0.15, 0.2) is 0 Å². The lowest BCUT2D eigenvalue weighted by molar-refractivity contribution is -0.123. The second kappa shape index (κ2) is 8.04. The van der Waals surface area contributed by atoms with Gasteiger partial charge in [0.25, 0.3) is 0 Å². The van der Waals surface area contributed by atoms with Gasteiger partial charge in [-0.3, -0.25) is 9.69 Å². The Morgan fingerprint density at radius 3 is 2.43 bits per heavy atom. The number of hydrogen-bond donors (Lipinski definition) is 1. The van der Waals surface area contributed by atoms with Gasteiger partial charge in [-0.2, -0.15) is 5.26 Å². The standard InChI is InChI=1S/C17H24FN3O2/c1-13(20(4)12-17(2,3)23)16(22)21(11-5-10-19)15-8-6-14(18)7-9-15/h6-9,13,23H,5,11-12H2,1-4H3. The van der Waals surface area contributed by atoms with E-state index in [1.165, 1.54) is 29.2 Å². The third-order valence-electron chi connectivity index (χ3n) is 3.51. The number of carbonyl (C=O) groups excluding carboxylic acids is 1. The monoisotopic (exact) mass is 321 g/mol. The Labute approximate surface area is 136 Å². The Kier molecular flexibility index (Phi) is 6.67.